The van der Waals surface area contributed by atoms with Gasteiger partial charge in [-0.15, -0.1) is 0 Å². The molecule has 74 valence electrons. The summed E-state index contributed by atoms with van der Waals surface area (Å²) in [5.41, 5.74) is 0. The van der Waals surface area contributed by atoms with Crippen LogP contribution in [0.4, 0.5) is 0 Å². The van der Waals surface area contributed by atoms with E-state index in [-0.39, 0.29) is 5.91 Å². The zero-order chi connectivity index (χ0) is 9.59. The zero-order valence-corrected chi connectivity index (χ0v) is 8.66. The van der Waals surface area contributed by atoms with Crippen LogP contribution in [-0.4, -0.2) is 48.9 Å². The van der Waals surface area contributed by atoms with Gasteiger partial charge in [0.15, 0.2) is 0 Å². The Labute approximate surface area is 79.7 Å². The van der Waals surface area contributed by atoms with Crippen LogP contribution in [-0.2, 0) is 4.79 Å². The summed E-state index contributed by atoms with van der Waals surface area (Å²) in [5, 5.41) is 0. The van der Waals surface area contributed by atoms with Gasteiger partial charge in [0, 0.05) is 33.1 Å². The number of rotatable bonds is 1. The molecule has 0 N–H and O–H groups in total. The van der Waals surface area contributed by atoms with Gasteiger partial charge >= 0.3 is 0 Å². The second kappa shape index (κ2) is 2.98. The van der Waals surface area contributed by atoms with E-state index in [4.69, 9.17) is 0 Å². The van der Waals surface area contributed by atoms with E-state index in [0.717, 1.165) is 11.8 Å². The van der Waals surface area contributed by atoms with Crippen LogP contribution in [0.3, 0.4) is 0 Å². The number of carbonyl (C=O) groups is 1. The van der Waals surface area contributed by atoms with Crippen molar-refractivity contribution in [1.82, 2.24) is 9.80 Å². The Hall–Kier alpha value is -0.570. The summed E-state index contributed by atoms with van der Waals surface area (Å²) in [7, 11) is 4.11. The van der Waals surface area contributed by atoms with Gasteiger partial charge in [-0.1, -0.05) is 0 Å². The van der Waals surface area contributed by atoms with Gasteiger partial charge in [-0.2, -0.15) is 0 Å². The lowest BCUT2D eigenvalue weighted by Crippen LogP contribution is -2.63. The highest BCUT2D eigenvalue weighted by atomic mass is 16.2. The maximum Gasteiger partial charge on any atom is 0.219 e. The van der Waals surface area contributed by atoms with Gasteiger partial charge in [-0.25, -0.2) is 0 Å². The van der Waals surface area contributed by atoms with E-state index in [0.29, 0.717) is 6.04 Å². The van der Waals surface area contributed by atoms with Gasteiger partial charge < -0.3 is 9.80 Å². The van der Waals surface area contributed by atoms with Crippen molar-refractivity contribution in [2.24, 2.45) is 11.8 Å². The average Bonchev–Trinajstić information content (AvgIpc) is 2.03. The third-order valence-corrected chi connectivity index (χ3v) is 3.61. The molecule has 0 aromatic heterocycles. The van der Waals surface area contributed by atoms with Crippen LogP contribution in [0.25, 0.3) is 0 Å². The molecule has 2 aliphatic heterocycles. The minimum atomic E-state index is 0.212. The molecule has 3 rings (SSSR count). The molecule has 2 heterocycles. The molecule has 0 radical (unpaired) electrons. The van der Waals surface area contributed by atoms with Crippen LogP contribution in [0, 0.1) is 11.8 Å². The van der Waals surface area contributed by atoms with Crippen LogP contribution in [0.2, 0.25) is 0 Å². The summed E-state index contributed by atoms with van der Waals surface area (Å²) in [6.07, 6.45) is 1.33. The number of nitrogens with zero attached hydrogens (tertiary/aromatic N) is 2. The van der Waals surface area contributed by atoms with Gasteiger partial charge in [-0.3, -0.25) is 4.79 Å². The maximum atomic E-state index is 11.2. The Bertz CT molecular complexity index is 217. The van der Waals surface area contributed by atoms with E-state index in [1.54, 1.807) is 6.92 Å². The van der Waals surface area contributed by atoms with E-state index in [1.165, 1.54) is 19.5 Å². The molecule has 13 heavy (non-hydrogen) atoms. The molecule has 2 saturated heterocycles. The maximum absolute atomic E-state index is 11.2. The van der Waals surface area contributed by atoms with Gasteiger partial charge in [0.1, 0.15) is 0 Å². The predicted molar refractivity (Wildman–Crippen MR) is 51.3 cm³/mol. The number of carbonyl (C=O) groups excluding carboxylic acids is 1. The molecule has 0 spiro atoms. The van der Waals surface area contributed by atoms with E-state index in [9.17, 15) is 4.79 Å². The molecule has 2 bridgehead atoms. The molecule has 3 aliphatic rings. The van der Waals surface area contributed by atoms with Gasteiger partial charge in [0.05, 0.1) is 0 Å². The predicted octanol–water partition coefficient (Wildman–Crippen LogP) is 0.415. The Kier molecular flexibility index (Phi) is 2.06. The first-order valence-corrected chi connectivity index (χ1v) is 5.01. The monoisotopic (exact) mass is 182 g/mol. The summed E-state index contributed by atoms with van der Waals surface area (Å²) < 4.78 is 0. The molecule has 2 atom stereocenters. The third kappa shape index (κ3) is 1.35. The van der Waals surface area contributed by atoms with Crippen molar-refractivity contribution < 1.29 is 4.79 Å². The Morgan fingerprint density at radius 2 is 1.92 bits per heavy atom. The molecule has 1 saturated carbocycles. The van der Waals surface area contributed by atoms with E-state index < -0.39 is 0 Å². The first kappa shape index (κ1) is 9.00. The van der Waals surface area contributed by atoms with Crippen molar-refractivity contribution in [2.75, 3.05) is 27.2 Å². The summed E-state index contributed by atoms with van der Waals surface area (Å²) in [6, 6.07) is 0.536. The molecule has 0 aromatic carbocycles. The first-order chi connectivity index (χ1) is 6.09. The number of hydrogen-bond acceptors (Lipinski definition) is 2. The lowest BCUT2D eigenvalue weighted by Gasteiger charge is -2.55. The molecule has 1 amide bonds. The Morgan fingerprint density at radius 3 is 2.38 bits per heavy atom. The fourth-order valence-electron chi connectivity index (χ4n) is 2.94. The largest absolute Gasteiger partial charge is 0.342 e. The second-order valence-electron chi connectivity index (χ2n) is 4.60. The van der Waals surface area contributed by atoms with Crippen LogP contribution in [0.1, 0.15) is 13.3 Å². The fourth-order valence-corrected chi connectivity index (χ4v) is 2.94. The molecule has 0 aromatic rings. The molecule has 2 unspecified atom stereocenters. The number of amides is 1. The van der Waals surface area contributed by atoms with Crippen LogP contribution >= 0.6 is 0 Å². The van der Waals surface area contributed by atoms with E-state index >= 15 is 0 Å². The highest BCUT2D eigenvalue weighted by Crippen LogP contribution is 2.42. The lowest BCUT2D eigenvalue weighted by molar-refractivity contribution is -0.140. The normalized spacial score (nSPS) is 38.2. The zero-order valence-electron chi connectivity index (χ0n) is 8.66. The van der Waals surface area contributed by atoms with Gasteiger partial charge in [0.2, 0.25) is 5.91 Å². The quantitative estimate of drug-likeness (QED) is 0.586. The second-order valence-corrected chi connectivity index (χ2v) is 4.60. The summed E-state index contributed by atoms with van der Waals surface area (Å²) >= 11 is 0. The highest BCUT2D eigenvalue weighted by Gasteiger charge is 2.48. The molecular weight excluding hydrogens is 164 g/mol. The average molecular weight is 182 g/mol. The molecule has 3 fully saturated rings. The minimum absolute atomic E-state index is 0.212. The lowest BCUT2D eigenvalue weighted by atomic mass is 9.65. The van der Waals surface area contributed by atoms with Crippen molar-refractivity contribution in [3.8, 4) is 0 Å². The van der Waals surface area contributed by atoms with E-state index in [2.05, 4.69) is 11.9 Å². The van der Waals surface area contributed by atoms with Crippen molar-refractivity contribution in [3.05, 3.63) is 0 Å². The number of piperidine rings is 2. The SMILES string of the molecule is CC(=O)N(C)C1C2CC1CN(C)C2. The van der Waals surface area contributed by atoms with Crippen LogP contribution < -0.4 is 0 Å². The summed E-state index contributed by atoms with van der Waals surface area (Å²) in [4.78, 5) is 15.5. The van der Waals surface area contributed by atoms with Crippen molar-refractivity contribution in [1.29, 1.82) is 0 Å². The van der Waals surface area contributed by atoms with E-state index in [1.807, 2.05) is 11.9 Å². The first-order valence-electron chi connectivity index (χ1n) is 5.01. The molecule has 3 heteroatoms. The molecule has 1 aliphatic carbocycles. The Morgan fingerprint density at radius 1 is 1.38 bits per heavy atom. The standard InChI is InChI=1S/C10H18N2O/c1-7(13)12(3)10-8-4-9(10)6-11(2)5-8/h8-10H,4-6H2,1-3H3. The minimum Gasteiger partial charge on any atom is -0.342 e. The molecule has 3 nitrogen and oxygen atoms in total. The van der Waals surface area contributed by atoms with Crippen LogP contribution in [0.5, 0.6) is 0 Å². The van der Waals surface area contributed by atoms with Crippen molar-refractivity contribution in [2.45, 2.75) is 19.4 Å². The van der Waals surface area contributed by atoms with Crippen molar-refractivity contribution >= 4 is 5.91 Å². The molecular formula is C10H18N2O. The Balaban J connectivity index is 2.00. The van der Waals surface area contributed by atoms with Crippen molar-refractivity contribution in [3.63, 3.8) is 0 Å². The summed E-state index contributed by atoms with van der Waals surface area (Å²) in [5.74, 6) is 1.68. The number of fused-ring (bicyclic) bond motifs is 2. The number of hydrogen-bond donors (Lipinski definition) is 0. The third-order valence-electron chi connectivity index (χ3n) is 3.61. The fraction of sp³-hybridized carbons (Fsp3) is 0.900. The topological polar surface area (TPSA) is 23.6 Å². The smallest absolute Gasteiger partial charge is 0.219 e. The van der Waals surface area contributed by atoms with Crippen LogP contribution in [0.15, 0.2) is 0 Å². The summed E-state index contributed by atoms with van der Waals surface area (Å²) in [6.45, 7) is 4.00. The van der Waals surface area contributed by atoms with Gasteiger partial charge in [-0.05, 0) is 25.3 Å². The van der Waals surface area contributed by atoms with Gasteiger partial charge in [0.25, 0.3) is 0 Å². The highest BCUT2D eigenvalue weighted by molar-refractivity contribution is 5.73.